The number of ether oxygens (including phenoxy) is 2. The Morgan fingerprint density at radius 1 is 1.32 bits per heavy atom. The fourth-order valence-electron chi connectivity index (χ4n) is 1.65. The molecule has 0 spiro atoms. The average molecular weight is 289 g/mol. The summed E-state index contributed by atoms with van der Waals surface area (Å²) in [5.41, 5.74) is 0.808. The molecule has 0 fully saturated rings. The maximum absolute atomic E-state index is 8.98. The van der Waals surface area contributed by atoms with E-state index in [0.29, 0.717) is 11.2 Å². The van der Waals surface area contributed by atoms with Gasteiger partial charge in [0.05, 0.1) is 12.4 Å². The summed E-state index contributed by atoms with van der Waals surface area (Å²) >= 11 is 5.90. The van der Waals surface area contributed by atoms with Crippen LogP contribution in [-0.2, 0) is 9.47 Å². The number of hydrogen-bond donors (Lipinski definition) is 2. The van der Waals surface area contributed by atoms with Crippen molar-refractivity contribution in [3.8, 4) is 0 Å². The zero-order chi connectivity index (χ0) is 14.0. The summed E-state index contributed by atoms with van der Waals surface area (Å²) in [6, 6.07) is 0. The van der Waals surface area contributed by atoms with E-state index in [1.165, 1.54) is 24.3 Å². The van der Waals surface area contributed by atoms with Crippen LogP contribution in [0.3, 0.4) is 0 Å². The molecular weight excluding hydrogens is 276 g/mol. The predicted octanol–water partition coefficient (Wildman–Crippen LogP) is 0.298. The van der Waals surface area contributed by atoms with E-state index in [-0.39, 0.29) is 5.15 Å². The number of fused-ring (bicyclic) bond motifs is 1. The molecule has 2 rings (SSSR count). The molecule has 8 nitrogen and oxygen atoms in total. The van der Waals surface area contributed by atoms with Crippen molar-refractivity contribution in [2.24, 2.45) is 0 Å². The van der Waals surface area contributed by atoms with Crippen LogP contribution in [-0.4, -0.2) is 49.4 Å². The first-order valence-corrected chi connectivity index (χ1v) is 5.79. The van der Waals surface area contributed by atoms with Gasteiger partial charge in [-0.25, -0.2) is 15.0 Å². The van der Waals surface area contributed by atoms with Gasteiger partial charge in [0.2, 0.25) is 0 Å². The molecule has 0 aliphatic heterocycles. The molecule has 0 aliphatic carbocycles. The van der Waals surface area contributed by atoms with Crippen LogP contribution in [0, 0.1) is 0 Å². The highest BCUT2D eigenvalue weighted by Gasteiger charge is 2.25. The summed E-state index contributed by atoms with van der Waals surface area (Å²) in [5, 5.41) is 18.2. The molecule has 9 heteroatoms. The lowest BCUT2D eigenvalue weighted by Gasteiger charge is -2.25. The van der Waals surface area contributed by atoms with E-state index in [0.717, 1.165) is 0 Å². The van der Waals surface area contributed by atoms with Crippen molar-refractivity contribution < 1.29 is 19.7 Å². The van der Waals surface area contributed by atoms with Crippen LogP contribution in [0.15, 0.2) is 12.7 Å². The number of rotatable bonds is 5. The Kier molecular flexibility index (Phi) is 4.27. The molecule has 0 radical (unpaired) electrons. The fraction of sp³-hybridized carbons (Fsp3) is 0.500. The maximum atomic E-state index is 8.98. The van der Waals surface area contributed by atoms with Crippen molar-refractivity contribution in [1.29, 1.82) is 0 Å². The third-order valence-electron chi connectivity index (χ3n) is 2.62. The molecule has 2 heterocycles. The standard InChI is InChI=1S/C10H13ClN4O4/c1-5(18-2)9(19-10(16)17)15-4-14-6-7(11)12-3-13-8(6)15/h3-5,9-10,16-17H,1-2H3/t5?,9-/m1/s1. The highest BCUT2D eigenvalue weighted by molar-refractivity contribution is 6.33. The number of aliphatic hydroxyl groups excluding tert-OH is 1. The summed E-state index contributed by atoms with van der Waals surface area (Å²) in [6.45, 7) is -0.237. The summed E-state index contributed by atoms with van der Waals surface area (Å²) in [6.07, 6.45) is 1.43. The smallest absolute Gasteiger partial charge is 0.268 e. The molecule has 2 aromatic rings. The number of hydrogen-bond acceptors (Lipinski definition) is 7. The van der Waals surface area contributed by atoms with Crippen molar-refractivity contribution in [1.82, 2.24) is 19.5 Å². The van der Waals surface area contributed by atoms with Gasteiger partial charge in [0.1, 0.15) is 11.8 Å². The normalized spacial score (nSPS) is 15.1. The minimum atomic E-state index is -1.95. The number of nitrogens with zero attached hydrogens (tertiary/aromatic N) is 4. The molecule has 19 heavy (non-hydrogen) atoms. The van der Waals surface area contributed by atoms with Gasteiger partial charge in [-0.2, -0.15) is 0 Å². The van der Waals surface area contributed by atoms with E-state index in [4.69, 9.17) is 31.3 Å². The monoisotopic (exact) mass is 288 g/mol. The van der Waals surface area contributed by atoms with Gasteiger partial charge in [-0.15, -0.1) is 0 Å². The predicted molar refractivity (Wildman–Crippen MR) is 65.2 cm³/mol. The average Bonchev–Trinajstić information content (AvgIpc) is 2.80. The Labute approximate surface area is 113 Å². The number of methoxy groups -OCH3 is 1. The van der Waals surface area contributed by atoms with E-state index < -0.39 is 18.8 Å². The zero-order valence-corrected chi connectivity index (χ0v) is 11.0. The SMILES string of the molecule is COC(C)[C@@H](OC(O)O)n1cnc2c(Cl)ncnc21. The summed E-state index contributed by atoms with van der Waals surface area (Å²) in [7, 11) is 1.48. The van der Waals surface area contributed by atoms with Crippen molar-refractivity contribution in [3.05, 3.63) is 17.8 Å². The van der Waals surface area contributed by atoms with E-state index in [1.807, 2.05) is 0 Å². The largest absolute Gasteiger partial charge is 0.377 e. The third-order valence-corrected chi connectivity index (χ3v) is 2.90. The van der Waals surface area contributed by atoms with Gasteiger partial charge in [0.25, 0.3) is 6.48 Å². The molecular formula is C10H13ClN4O4. The minimum Gasteiger partial charge on any atom is -0.377 e. The molecule has 0 saturated carbocycles. The van der Waals surface area contributed by atoms with Crippen molar-refractivity contribution in [2.45, 2.75) is 25.7 Å². The second-order valence-corrected chi connectivity index (χ2v) is 4.14. The first-order chi connectivity index (χ1) is 9.04. The summed E-state index contributed by atoms with van der Waals surface area (Å²) < 4.78 is 11.6. The van der Waals surface area contributed by atoms with Gasteiger partial charge in [-0.3, -0.25) is 4.57 Å². The summed E-state index contributed by atoms with van der Waals surface area (Å²) in [4.78, 5) is 11.9. The van der Waals surface area contributed by atoms with Crippen molar-refractivity contribution >= 4 is 22.8 Å². The molecule has 1 unspecified atom stereocenters. The lowest BCUT2D eigenvalue weighted by molar-refractivity contribution is -0.286. The third kappa shape index (κ3) is 2.82. The maximum Gasteiger partial charge on any atom is 0.268 e. The molecule has 2 aromatic heterocycles. The molecule has 0 aromatic carbocycles. The van der Waals surface area contributed by atoms with Gasteiger partial charge in [-0.1, -0.05) is 11.6 Å². The molecule has 0 aliphatic rings. The quantitative estimate of drug-likeness (QED) is 0.602. The second kappa shape index (κ2) is 5.76. The first kappa shape index (κ1) is 14.1. The highest BCUT2D eigenvalue weighted by atomic mass is 35.5. The van der Waals surface area contributed by atoms with Gasteiger partial charge >= 0.3 is 0 Å². The number of aromatic nitrogens is 4. The lowest BCUT2D eigenvalue weighted by Crippen LogP contribution is -2.29. The van der Waals surface area contributed by atoms with Gasteiger partial charge < -0.3 is 19.7 Å². The zero-order valence-electron chi connectivity index (χ0n) is 10.3. The molecule has 0 bridgehead atoms. The molecule has 2 N–H and O–H groups in total. The van der Waals surface area contributed by atoms with Crippen LogP contribution in [0.2, 0.25) is 5.15 Å². The van der Waals surface area contributed by atoms with Crippen molar-refractivity contribution in [2.75, 3.05) is 7.11 Å². The van der Waals surface area contributed by atoms with E-state index in [9.17, 15) is 0 Å². The Bertz CT molecular complexity index is 561. The molecule has 0 amide bonds. The van der Waals surface area contributed by atoms with Crippen LogP contribution in [0.4, 0.5) is 0 Å². The molecule has 104 valence electrons. The van der Waals surface area contributed by atoms with Crippen LogP contribution in [0.1, 0.15) is 13.2 Å². The van der Waals surface area contributed by atoms with E-state index >= 15 is 0 Å². The lowest BCUT2D eigenvalue weighted by atomic mass is 10.3. The molecule has 0 saturated heterocycles. The Hall–Kier alpha value is -1.32. The van der Waals surface area contributed by atoms with Crippen LogP contribution in [0.5, 0.6) is 0 Å². The first-order valence-electron chi connectivity index (χ1n) is 5.42. The Morgan fingerprint density at radius 3 is 2.68 bits per heavy atom. The summed E-state index contributed by atoms with van der Waals surface area (Å²) in [5.74, 6) is 0. The van der Waals surface area contributed by atoms with Gasteiger partial charge in [-0.05, 0) is 6.92 Å². The number of imidazole rings is 1. The van der Waals surface area contributed by atoms with Crippen LogP contribution < -0.4 is 0 Å². The minimum absolute atomic E-state index is 0.206. The number of aliphatic hydroxyl groups is 2. The topological polar surface area (TPSA) is 103 Å². The Balaban J connectivity index is 2.47. The highest BCUT2D eigenvalue weighted by Crippen LogP contribution is 2.24. The Morgan fingerprint density at radius 2 is 2.05 bits per heavy atom. The molecule has 2 atom stereocenters. The van der Waals surface area contributed by atoms with E-state index in [1.54, 1.807) is 6.92 Å². The van der Waals surface area contributed by atoms with Crippen LogP contribution >= 0.6 is 11.6 Å². The second-order valence-electron chi connectivity index (χ2n) is 3.78. The van der Waals surface area contributed by atoms with Crippen molar-refractivity contribution in [3.63, 3.8) is 0 Å². The van der Waals surface area contributed by atoms with Gasteiger partial charge in [0, 0.05) is 7.11 Å². The number of halogens is 1. The van der Waals surface area contributed by atoms with Crippen LogP contribution in [0.25, 0.3) is 11.2 Å². The van der Waals surface area contributed by atoms with E-state index in [2.05, 4.69) is 15.0 Å². The fourth-order valence-corrected chi connectivity index (χ4v) is 1.83. The van der Waals surface area contributed by atoms with Gasteiger partial charge in [0.15, 0.2) is 17.0 Å².